The van der Waals surface area contributed by atoms with Gasteiger partial charge < -0.3 is 0 Å². The van der Waals surface area contributed by atoms with Crippen LogP contribution in [0, 0.1) is 5.82 Å². The minimum absolute atomic E-state index is 0.283. The molecule has 0 bridgehead atoms. The van der Waals surface area contributed by atoms with Gasteiger partial charge in [0.25, 0.3) is 0 Å². The largest absolute Gasteiger partial charge is 0.253 e. The number of halogens is 2. The summed E-state index contributed by atoms with van der Waals surface area (Å²) in [4.78, 5) is 4.15. The van der Waals surface area contributed by atoms with Crippen LogP contribution < -0.4 is 0 Å². The van der Waals surface area contributed by atoms with Crippen molar-refractivity contribution >= 4 is 26.8 Å². The van der Waals surface area contributed by atoms with Crippen LogP contribution in [-0.2, 0) is 0 Å². The Balaban J connectivity index is 2.71. The van der Waals surface area contributed by atoms with Gasteiger partial charge in [0.2, 0.25) is 0 Å². The molecule has 0 saturated heterocycles. The summed E-state index contributed by atoms with van der Waals surface area (Å²) in [6, 6.07) is 5.31. The van der Waals surface area contributed by atoms with Crippen LogP contribution in [0.5, 0.6) is 0 Å². The van der Waals surface area contributed by atoms with Gasteiger partial charge in [-0.25, -0.2) is 4.39 Å². The Bertz CT molecular complexity index is 508. The number of pyridine rings is 1. The van der Waals surface area contributed by atoms with Crippen molar-refractivity contribution in [1.82, 2.24) is 4.98 Å². The molecule has 2 rings (SSSR count). The fourth-order valence-corrected chi connectivity index (χ4v) is 1.95. The minimum Gasteiger partial charge on any atom is -0.253 e. The highest BCUT2D eigenvalue weighted by molar-refractivity contribution is 9.10. The van der Waals surface area contributed by atoms with Gasteiger partial charge >= 0.3 is 0 Å². The van der Waals surface area contributed by atoms with Crippen molar-refractivity contribution in [3.8, 4) is 0 Å². The summed E-state index contributed by atoms with van der Waals surface area (Å²) in [5.41, 5.74) is 1.56. The van der Waals surface area contributed by atoms with Gasteiger partial charge in [0.15, 0.2) is 5.82 Å². The Labute approximate surface area is 96.5 Å². The summed E-state index contributed by atoms with van der Waals surface area (Å²) < 4.78 is 14.2. The van der Waals surface area contributed by atoms with Gasteiger partial charge in [-0.2, -0.15) is 0 Å². The van der Waals surface area contributed by atoms with Gasteiger partial charge in [0.1, 0.15) is 5.52 Å². The fraction of sp³-hybridized carbons (Fsp3) is 0.250. The van der Waals surface area contributed by atoms with E-state index in [1.807, 2.05) is 12.1 Å². The highest BCUT2D eigenvalue weighted by atomic mass is 79.9. The van der Waals surface area contributed by atoms with Crippen molar-refractivity contribution in [3.63, 3.8) is 0 Å². The minimum atomic E-state index is -0.283. The molecule has 2 aromatic rings. The molecule has 0 N–H and O–H groups in total. The van der Waals surface area contributed by atoms with Gasteiger partial charge in [-0.15, -0.1) is 0 Å². The monoisotopic (exact) mass is 267 g/mol. The third kappa shape index (κ3) is 2.02. The molecule has 0 fully saturated rings. The molecule has 0 unspecified atom stereocenters. The van der Waals surface area contributed by atoms with Crippen LogP contribution in [0.25, 0.3) is 10.9 Å². The smallest absolute Gasteiger partial charge is 0.150 e. The highest BCUT2D eigenvalue weighted by Gasteiger charge is 2.06. The van der Waals surface area contributed by atoms with E-state index in [1.54, 1.807) is 6.20 Å². The van der Waals surface area contributed by atoms with Crippen molar-refractivity contribution in [3.05, 3.63) is 40.2 Å². The zero-order chi connectivity index (χ0) is 11.0. The molecule has 3 heteroatoms. The van der Waals surface area contributed by atoms with Crippen LogP contribution in [0.2, 0.25) is 0 Å². The Hall–Kier alpha value is -0.960. The molecular weight excluding hydrogens is 257 g/mol. The molecule has 1 nitrogen and oxygen atoms in total. The molecule has 15 heavy (non-hydrogen) atoms. The molecule has 0 aliphatic carbocycles. The van der Waals surface area contributed by atoms with E-state index >= 15 is 0 Å². The molecule has 0 aliphatic heterocycles. The highest BCUT2D eigenvalue weighted by Crippen LogP contribution is 2.24. The number of rotatable bonds is 1. The van der Waals surface area contributed by atoms with Crippen LogP contribution in [0.15, 0.2) is 28.9 Å². The summed E-state index contributed by atoms with van der Waals surface area (Å²) in [5.74, 6) is 0.124. The van der Waals surface area contributed by atoms with Crippen LogP contribution in [0.1, 0.15) is 25.3 Å². The summed E-state index contributed by atoms with van der Waals surface area (Å²) in [7, 11) is 0. The van der Waals surface area contributed by atoms with Crippen molar-refractivity contribution in [1.29, 1.82) is 0 Å². The van der Waals surface area contributed by atoms with Gasteiger partial charge in [-0.3, -0.25) is 4.98 Å². The third-order valence-electron chi connectivity index (χ3n) is 2.39. The molecule has 1 aromatic heterocycles. The van der Waals surface area contributed by atoms with Gasteiger partial charge in [-0.05, 0) is 29.7 Å². The molecule has 0 amide bonds. The predicted molar refractivity (Wildman–Crippen MR) is 63.5 cm³/mol. The number of hydrogen-bond acceptors (Lipinski definition) is 1. The molecule has 0 radical (unpaired) electrons. The number of aromatic nitrogens is 1. The first kappa shape index (κ1) is 10.6. The summed E-state index contributed by atoms with van der Waals surface area (Å²) in [6.07, 6.45) is 1.74. The average molecular weight is 268 g/mol. The van der Waals surface area contributed by atoms with Gasteiger partial charge in [0, 0.05) is 16.1 Å². The lowest BCUT2D eigenvalue weighted by molar-refractivity contribution is 0.636. The molecule has 0 saturated carbocycles. The van der Waals surface area contributed by atoms with E-state index in [-0.39, 0.29) is 5.82 Å². The first-order valence-electron chi connectivity index (χ1n) is 4.82. The van der Waals surface area contributed by atoms with Crippen LogP contribution in [0.3, 0.4) is 0 Å². The number of hydrogen-bond donors (Lipinski definition) is 0. The van der Waals surface area contributed by atoms with E-state index in [2.05, 4.69) is 34.8 Å². The molecule has 0 aliphatic rings. The predicted octanol–water partition coefficient (Wildman–Crippen LogP) is 4.26. The SMILES string of the molecule is CC(C)c1cnc2c(F)cc(Br)cc2c1. The Kier molecular flexibility index (Phi) is 2.74. The van der Waals surface area contributed by atoms with E-state index in [9.17, 15) is 4.39 Å². The van der Waals surface area contributed by atoms with Crippen LogP contribution >= 0.6 is 15.9 Å². The number of fused-ring (bicyclic) bond motifs is 1. The summed E-state index contributed by atoms with van der Waals surface area (Å²) >= 11 is 3.28. The van der Waals surface area contributed by atoms with Crippen LogP contribution in [-0.4, -0.2) is 4.98 Å². The standard InChI is InChI=1S/C12H11BrFN/c1-7(2)9-3-8-4-10(13)5-11(14)12(8)15-6-9/h3-7H,1-2H3. The lowest BCUT2D eigenvalue weighted by Gasteiger charge is -2.06. The molecular formula is C12H11BrFN. The van der Waals surface area contributed by atoms with E-state index in [0.717, 1.165) is 15.4 Å². The zero-order valence-electron chi connectivity index (χ0n) is 8.59. The normalized spacial score (nSPS) is 11.3. The van der Waals surface area contributed by atoms with E-state index in [0.29, 0.717) is 11.4 Å². The van der Waals surface area contributed by atoms with Gasteiger partial charge in [-0.1, -0.05) is 29.8 Å². The van der Waals surface area contributed by atoms with E-state index < -0.39 is 0 Å². The molecule has 0 spiro atoms. The number of nitrogens with zero attached hydrogens (tertiary/aromatic N) is 1. The second kappa shape index (κ2) is 3.89. The van der Waals surface area contributed by atoms with E-state index in [4.69, 9.17) is 0 Å². The molecule has 1 aromatic carbocycles. The maximum absolute atomic E-state index is 13.5. The van der Waals surface area contributed by atoms with Crippen molar-refractivity contribution in [2.75, 3.05) is 0 Å². The second-order valence-electron chi connectivity index (χ2n) is 3.88. The Morgan fingerprint density at radius 1 is 1.27 bits per heavy atom. The quantitative estimate of drug-likeness (QED) is 0.753. The van der Waals surface area contributed by atoms with Crippen LogP contribution in [0.4, 0.5) is 4.39 Å². The van der Waals surface area contributed by atoms with Crippen molar-refractivity contribution in [2.24, 2.45) is 0 Å². The number of benzene rings is 1. The maximum atomic E-state index is 13.5. The Morgan fingerprint density at radius 2 is 2.00 bits per heavy atom. The molecule has 1 heterocycles. The topological polar surface area (TPSA) is 12.9 Å². The van der Waals surface area contributed by atoms with E-state index in [1.165, 1.54) is 6.07 Å². The lowest BCUT2D eigenvalue weighted by Crippen LogP contribution is -1.91. The zero-order valence-corrected chi connectivity index (χ0v) is 10.2. The lowest BCUT2D eigenvalue weighted by atomic mass is 10.0. The maximum Gasteiger partial charge on any atom is 0.150 e. The summed E-state index contributed by atoms with van der Waals surface area (Å²) in [5, 5.41) is 0.841. The fourth-order valence-electron chi connectivity index (χ4n) is 1.50. The average Bonchev–Trinajstić information content (AvgIpc) is 2.16. The first-order valence-corrected chi connectivity index (χ1v) is 5.62. The van der Waals surface area contributed by atoms with Crippen molar-refractivity contribution < 1.29 is 4.39 Å². The molecule has 0 atom stereocenters. The second-order valence-corrected chi connectivity index (χ2v) is 4.80. The van der Waals surface area contributed by atoms with Gasteiger partial charge in [0.05, 0.1) is 0 Å². The summed E-state index contributed by atoms with van der Waals surface area (Å²) in [6.45, 7) is 4.19. The first-order chi connectivity index (χ1) is 7.08. The third-order valence-corrected chi connectivity index (χ3v) is 2.85. The van der Waals surface area contributed by atoms with Crippen molar-refractivity contribution in [2.45, 2.75) is 19.8 Å². The molecule has 78 valence electrons. The Morgan fingerprint density at radius 3 is 2.67 bits per heavy atom.